The minimum atomic E-state index is 0.123. The Hall–Kier alpha value is -0.610. The zero-order valence-corrected chi connectivity index (χ0v) is 11.2. The summed E-state index contributed by atoms with van der Waals surface area (Å²) in [5.74, 6) is 0.893. The number of nitrogens with two attached hydrogens (primary N) is 2. The van der Waals surface area contributed by atoms with Crippen LogP contribution < -0.4 is 16.8 Å². The highest BCUT2D eigenvalue weighted by Crippen LogP contribution is 2.28. The number of nitrogens with one attached hydrogen (secondary N) is 1. The summed E-state index contributed by atoms with van der Waals surface area (Å²) in [7, 11) is 0. The molecule has 0 radical (unpaired) electrons. The van der Waals surface area contributed by atoms with E-state index in [-0.39, 0.29) is 23.9 Å². The van der Waals surface area contributed by atoms with Crippen LogP contribution in [-0.4, -0.2) is 24.5 Å². The normalized spacial score (nSPS) is 31.2. The zero-order chi connectivity index (χ0) is 13.0. The topological polar surface area (TPSA) is 81.1 Å². The highest BCUT2D eigenvalue weighted by molar-refractivity contribution is 5.79. The Balaban J connectivity index is 1.83. The molecular formula is C14H27N3O. The highest BCUT2D eigenvalue weighted by atomic mass is 16.2. The van der Waals surface area contributed by atoms with Crippen molar-refractivity contribution >= 4 is 5.91 Å². The van der Waals surface area contributed by atoms with E-state index in [2.05, 4.69) is 5.32 Å². The van der Waals surface area contributed by atoms with Crippen LogP contribution in [0.15, 0.2) is 0 Å². The van der Waals surface area contributed by atoms with Crippen LogP contribution in [0.3, 0.4) is 0 Å². The zero-order valence-electron chi connectivity index (χ0n) is 11.2. The van der Waals surface area contributed by atoms with Crippen LogP contribution >= 0.6 is 0 Å². The number of hydrogen-bond donors (Lipinski definition) is 3. The van der Waals surface area contributed by atoms with E-state index >= 15 is 0 Å². The number of carbonyl (C=O) groups is 1. The molecule has 2 aliphatic rings. The van der Waals surface area contributed by atoms with Crippen molar-refractivity contribution in [1.82, 2.24) is 5.32 Å². The van der Waals surface area contributed by atoms with Gasteiger partial charge >= 0.3 is 0 Å². The van der Waals surface area contributed by atoms with Crippen molar-refractivity contribution in [3.63, 3.8) is 0 Å². The Morgan fingerprint density at radius 2 is 1.89 bits per heavy atom. The molecule has 1 amide bonds. The first-order chi connectivity index (χ1) is 8.70. The molecule has 0 aliphatic heterocycles. The molecule has 2 saturated carbocycles. The maximum Gasteiger partial charge on any atom is 0.223 e. The fraction of sp³-hybridized carbons (Fsp3) is 0.929. The van der Waals surface area contributed by atoms with Crippen LogP contribution in [0.2, 0.25) is 0 Å². The third-order valence-electron chi connectivity index (χ3n) is 4.64. The van der Waals surface area contributed by atoms with Crippen LogP contribution in [0.25, 0.3) is 0 Å². The van der Waals surface area contributed by atoms with Gasteiger partial charge in [0.25, 0.3) is 0 Å². The highest BCUT2D eigenvalue weighted by Gasteiger charge is 2.31. The maximum atomic E-state index is 12.2. The minimum Gasteiger partial charge on any atom is -0.352 e. The molecule has 0 spiro atoms. The molecule has 0 bridgehead atoms. The van der Waals surface area contributed by atoms with E-state index in [1.165, 1.54) is 32.1 Å². The number of amides is 1. The van der Waals surface area contributed by atoms with Crippen LogP contribution in [-0.2, 0) is 4.79 Å². The van der Waals surface area contributed by atoms with Gasteiger partial charge in [0.15, 0.2) is 0 Å². The van der Waals surface area contributed by atoms with Crippen molar-refractivity contribution < 1.29 is 4.79 Å². The van der Waals surface area contributed by atoms with Gasteiger partial charge in [0.1, 0.15) is 0 Å². The Bertz CT molecular complexity index is 276. The van der Waals surface area contributed by atoms with Gasteiger partial charge in [0.05, 0.1) is 0 Å². The molecule has 2 aliphatic carbocycles. The summed E-state index contributed by atoms with van der Waals surface area (Å²) >= 11 is 0. The third-order valence-corrected chi connectivity index (χ3v) is 4.64. The molecule has 0 saturated heterocycles. The summed E-state index contributed by atoms with van der Waals surface area (Å²) in [6.07, 6.45) is 9.09. The van der Waals surface area contributed by atoms with E-state index in [1.54, 1.807) is 0 Å². The van der Waals surface area contributed by atoms with E-state index in [1.807, 2.05) is 0 Å². The molecule has 0 aromatic heterocycles. The van der Waals surface area contributed by atoms with Gasteiger partial charge in [-0.15, -0.1) is 0 Å². The van der Waals surface area contributed by atoms with E-state index in [9.17, 15) is 4.79 Å². The predicted molar refractivity (Wildman–Crippen MR) is 72.9 cm³/mol. The second-order valence-corrected chi connectivity index (χ2v) is 6.02. The molecule has 5 N–H and O–H groups in total. The molecule has 0 aromatic rings. The van der Waals surface area contributed by atoms with Gasteiger partial charge in [-0.1, -0.05) is 19.3 Å². The molecule has 0 aromatic carbocycles. The molecule has 4 nitrogen and oxygen atoms in total. The van der Waals surface area contributed by atoms with E-state index < -0.39 is 0 Å². The fourth-order valence-electron chi connectivity index (χ4n) is 3.46. The Morgan fingerprint density at radius 3 is 2.44 bits per heavy atom. The average molecular weight is 253 g/mol. The summed E-state index contributed by atoms with van der Waals surface area (Å²) < 4.78 is 0. The monoisotopic (exact) mass is 253 g/mol. The lowest BCUT2D eigenvalue weighted by Crippen LogP contribution is -2.47. The Labute approximate surface area is 110 Å². The quantitative estimate of drug-likeness (QED) is 0.702. The fourth-order valence-corrected chi connectivity index (χ4v) is 3.46. The van der Waals surface area contributed by atoms with Crippen molar-refractivity contribution in [2.45, 2.75) is 63.5 Å². The summed E-state index contributed by atoms with van der Waals surface area (Å²) in [4.78, 5) is 12.2. The van der Waals surface area contributed by atoms with Gasteiger partial charge in [0.2, 0.25) is 5.91 Å². The Kier molecular flexibility index (Phi) is 5.01. The van der Waals surface area contributed by atoms with Crippen LogP contribution in [0.1, 0.15) is 51.4 Å². The van der Waals surface area contributed by atoms with Crippen LogP contribution in [0.5, 0.6) is 0 Å². The standard InChI is InChI=1S/C14H27N3O/c15-9-13(10-4-2-1-3-5-10)17-14(18)11-6-7-12(16)8-11/h10-13H,1-9,15-16H2,(H,17,18). The lowest BCUT2D eigenvalue weighted by molar-refractivity contribution is -0.126. The second-order valence-electron chi connectivity index (χ2n) is 6.02. The molecule has 3 unspecified atom stereocenters. The average Bonchev–Trinajstić information content (AvgIpc) is 2.83. The van der Waals surface area contributed by atoms with E-state index in [0.29, 0.717) is 12.5 Å². The lowest BCUT2D eigenvalue weighted by atomic mass is 9.83. The minimum absolute atomic E-state index is 0.123. The molecule has 0 heterocycles. The summed E-state index contributed by atoms with van der Waals surface area (Å²) in [6.45, 7) is 0.565. The third kappa shape index (κ3) is 3.45. The summed E-state index contributed by atoms with van der Waals surface area (Å²) in [6, 6.07) is 0.390. The first kappa shape index (κ1) is 13.8. The van der Waals surface area contributed by atoms with Gasteiger partial charge in [-0.3, -0.25) is 4.79 Å². The van der Waals surface area contributed by atoms with Crippen LogP contribution in [0, 0.1) is 11.8 Å². The number of carbonyl (C=O) groups excluding carboxylic acids is 1. The molecule has 4 heteroatoms. The van der Waals surface area contributed by atoms with Gasteiger partial charge in [0, 0.05) is 24.5 Å². The molecule has 2 rings (SSSR count). The van der Waals surface area contributed by atoms with Crippen molar-refractivity contribution in [1.29, 1.82) is 0 Å². The summed E-state index contributed by atoms with van der Waals surface area (Å²) in [5.41, 5.74) is 11.7. The maximum absolute atomic E-state index is 12.2. The van der Waals surface area contributed by atoms with Crippen molar-refractivity contribution in [2.75, 3.05) is 6.54 Å². The number of hydrogen-bond acceptors (Lipinski definition) is 3. The second kappa shape index (κ2) is 6.53. The van der Waals surface area contributed by atoms with Crippen molar-refractivity contribution in [3.05, 3.63) is 0 Å². The molecule has 18 heavy (non-hydrogen) atoms. The predicted octanol–water partition coefficient (Wildman–Crippen LogP) is 1.14. The molecular weight excluding hydrogens is 226 g/mol. The van der Waals surface area contributed by atoms with E-state index in [0.717, 1.165) is 19.3 Å². The van der Waals surface area contributed by atoms with Gasteiger partial charge in [-0.25, -0.2) is 0 Å². The molecule has 3 atom stereocenters. The van der Waals surface area contributed by atoms with Gasteiger partial charge in [-0.05, 0) is 38.0 Å². The van der Waals surface area contributed by atoms with Gasteiger partial charge in [-0.2, -0.15) is 0 Å². The Morgan fingerprint density at radius 1 is 1.17 bits per heavy atom. The van der Waals surface area contributed by atoms with Crippen molar-refractivity contribution in [3.8, 4) is 0 Å². The van der Waals surface area contributed by atoms with Crippen LogP contribution in [0.4, 0.5) is 0 Å². The van der Waals surface area contributed by atoms with Gasteiger partial charge < -0.3 is 16.8 Å². The molecule has 104 valence electrons. The number of rotatable bonds is 4. The largest absolute Gasteiger partial charge is 0.352 e. The first-order valence-electron chi connectivity index (χ1n) is 7.46. The molecule has 2 fully saturated rings. The van der Waals surface area contributed by atoms with Crippen molar-refractivity contribution in [2.24, 2.45) is 23.3 Å². The lowest BCUT2D eigenvalue weighted by Gasteiger charge is -2.30. The first-order valence-corrected chi connectivity index (χ1v) is 7.46. The summed E-state index contributed by atoms with van der Waals surface area (Å²) in [5, 5.41) is 3.18. The smallest absolute Gasteiger partial charge is 0.223 e. The SMILES string of the molecule is NCC(NC(=O)C1CCC(N)C1)C1CCCCC1. The van der Waals surface area contributed by atoms with E-state index in [4.69, 9.17) is 11.5 Å².